The molecule has 2 nitrogen and oxygen atoms in total. The molecule has 2 heteroatoms. The minimum absolute atomic E-state index is 0.181. The van der Waals surface area contributed by atoms with Crippen LogP contribution in [0.3, 0.4) is 0 Å². The van der Waals surface area contributed by atoms with Crippen LogP contribution in [0.4, 0.5) is 0 Å². The molecule has 0 radical (unpaired) electrons. The summed E-state index contributed by atoms with van der Waals surface area (Å²) in [6.07, 6.45) is 2.57. The second-order valence-corrected chi connectivity index (χ2v) is 4.38. The highest BCUT2D eigenvalue weighted by molar-refractivity contribution is 5.82. The van der Waals surface area contributed by atoms with Crippen molar-refractivity contribution < 1.29 is 4.79 Å². The van der Waals surface area contributed by atoms with Gasteiger partial charge in [0.15, 0.2) is 0 Å². The fourth-order valence-corrected chi connectivity index (χ4v) is 2.93. The molecule has 1 N–H and O–H groups in total. The molecule has 0 aromatic carbocycles. The summed E-state index contributed by atoms with van der Waals surface area (Å²) in [4.78, 5) is 11.2. The van der Waals surface area contributed by atoms with Crippen LogP contribution >= 0.6 is 0 Å². The molecule has 1 aliphatic carbocycles. The molecule has 1 heterocycles. The molecule has 1 aliphatic heterocycles. The summed E-state index contributed by atoms with van der Waals surface area (Å²) in [5, 5.41) is 3.34. The summed E-state index contributed by atoms with van der Waals surface area (Å²) < 4.78 is 0. The number of nitrogens with one attached hydrogen (secondary N) is 1. The van der Waals surface area contributed by atoms with E-state index in [1.54, 1.807) is 6.92 Å². The SMILES string of the molecule is CC(=O)[C@H]1NCC2C(C)CCC21. The molecule has 0 aromatic heterocycles. The number of carbonyl (C=O) groups is 1. The molecule has 1 saturated heterocycles. The van der Waals surface area contributed by atoms with Crippen LogP contribution in [-0.4, -0.2) is 18.4 Å². The van der Waals surface area contributed by atoms with Gasteiger partial charge in [-0.15, -0.1) is 0 Å². The third kappa shape index (κ3) is 1.09. The van der Waals surface area contributed by atoms with Crippen molar-refractivity contribution in [3.8, 4) is 0 Å². The number of hydrogen-bond donors (Lipinski definition) is 1. The van der Waals surface area contributed by atoms with Gasteiger partial charge in [0.05, 0.1) is 6.04 Å². The highest BCUT2D eigenvalue weighted by Crippen LogP contribution is 2.41. The second kappa shape index (κ2) is 2.84. The van der Waals surface area contributed by atoms with Gasteiger partial charge in [-0.1, -0.05) is 13.3 Å². The highest BCUT2D eigenvalue weighted by atomic mass is 16.1. The average molecular weight is 167 g/mol. The number of hydrogen-bond acceptors (Lipinski definition) is 2. The Hall–Kier alpha value is -0.370. The molecule has 2 aliphatic rings. The minimum atomic E-state index is 0.181. The Kier molecular flexibility index (Phi) is 1.95. The monoisotopic (exact) mass is 167 g/mol. The van der Waals surface area contributed by atoms with E-state index in [9.17, 15) is 4.79 Å². The summed E-state index contributed by atoms with van der Waals surface area (Å²) in [6.45, 7) is 5.09. The normalized spacial score (nSPS) is 46.2. The van der Waals surface area contributed by atoms with E-state index in [2.05, 4.69) is 12.2 Å². The first kappa shape index (κ1) is 8.24. The Balaban J connectivity index is 2.10. The lowest BCUT2D eigenvalue weighted by molar-refractivity contribution is -0.119. The van der Waals surface area contributed by atoms with E-state index in [1.165, 1.54) is 12.8 Å². The predicted molar refractivity (Wildman–Crippen MR) is 47.8 cm³/mol. The Morgan fingerprint density at radius 1 is 1.33 bits per heavy atom. The fourth-order valence-electron chi connectivity index (χ4n) is 2.93. The Bertz CT molecular complexity index is 202. The van der Waals surface area contributed by atoms with Gasteiger partial charge in [0.1, 0.15) is 5.78 Å². The van der Waals surface area contributed by atoms with Crippen LogP contribution < -0.4 is 5.32 Å². The zero-order valence-corrected chi connectivity index (χ0v) is 7.84. The minimum Gasteiger partial charge on any atom is -0.307 e. The van der Waals surface area contributed by atoms with Gasteiger partial charge in [-0.3, -0.25) is 4.79 Å². The fraction of sp³-hybridized carbons (Fsp3) is 0.900. The van der Waals surface area contributed by atoms with E-state index < -0.39 is 0 Å². The largest absolute Gasteiger partial charge is 0.307 e. The third-order valence-corrected chi connectivity index (χ3v) is 3.68. The third-order valence-electron chi connectivity index (χ3n) is 3.68. The molecule has 0 amide bonds. The molecule has 2 fully saturated rings. The van der Waals surface area contributed by atoms with Gasteiger partial charge < -0.3 is 5.32 Å². The quantitative estimate of drug-likeness (QED) is 0.636. The lowest BCUT2D eigenvalue weighted by Gasteiger charge is -2.15. The van der Waals surface area contributed by atoms with E-state index in [4.69, 9.17) is 0 Å². The Labute approximate surface area is 73.7 Å². The number of Topliss-reactive ketones (excluding diaryl/α,β-unsaturated/α-hetero) is 1. The van der Waals surface area contributed by atoms with Crippen LogP contribution in [0.25, 0.3) is 0 Å². The molecule has 0 bridgehead atoms. The first-order valence-electron chi connectivity index (χ1n) is 4.94. The molecule has 0 spiro atoms. The number of ketones is 1. The van der Waals surface area contributed by atoms with Crippen molar-refractivity contribution in [2.45, 2.75) is 32.7 Å². The van der Waals surface area contributed by atoms with Crippen molar-refractivity contribution >= 4 is 5.78 Å². The zero-order chi connectivity index (χ0) is 8.72. The van der Waals surface area contributed by atoms with Crippen LogP contribution in [0, 0.1) is 17.8 Å². The average Bonchev–Trinajstić information content (AvgIpc) is 2.53. The smallest absolute Gasteiger partial charge is 0.146 e. The lowest BCUT2D eigenvalue weighted by Crippen LogP contribution is -2.33. The summed E-state index contributed by atoms with van der Waals surface area (Å²) >= 11 is 0. The summed E-state index contributed by atoms with van der Waals surface area (Å²) in [6, 6.07) is 0.181. The first-order chi connectivity index (χ1) is 5.70. The van der Waals surface area contributed by atoms with Gasteiger partial charge in [-0.25, -0.2) is 0 Å². The maximum Gasteiger partial charge on any atom is 0.146 e. The van der Waals surface area contributed by atoms with Crippen molar-refractivity contribution in [1.29, 1.82) is 0 Å². The Morgan fingerprint density at radius 2 is 2.08 bits per heavy atom. The van der Waals surface area contributed by atoms with Gasteiger partial charge in [0.25, 0.3) is 0 Å². The van der Waals surface area contributed by atoms with Crippen molar-refractivity contribution in [2.75, 3.05) is 6.54 Å². The van der Waals surface area contributed by atoms with Gasteiger partial charge >= 0.3 is 0 Å². The van der Waals surface area contributed by atoms with E-state index in [0.29, 0.717) is 11.7 Å². The van der Waals surface area contributed by atoms with Gasteiger partial charge in [0.2, 0.25) is 0 Å². The predicted octanol–water partition coefficient (Wildman–Crippen LogP) is 1.21. The summed E-state index contributed by atoms with van der Waals surface area (Å²) in [5.41, 5.74) is 0. The maximum absolute atomic E-state index is 11.2. The van der Waals surface area contributed by atoms with Crippen LogP contribution in [-0.2, 0) is 4.79 Å². The highest BCUT2D eigenvalue weighted by Gasteiger charge is 2.44. The molecule has 12 heavy (non-hydrogen) atoms. The van der Waals surface area contributed by atoms with E-state index in [1.807, 2.05) is 0 Å². The van der Waals surface area contributed by atoms with Crippen molar-refractivity contribution in [2.24, 2.45) is 17.8 Å². The summed E-state index contributed by atoms with van der Waals surface area (Å²) in [7, 11) is 0. The van der Waals surface area contributed by atoms with E-state index in [0.717, 1.165) is 18.4 Å². The van der Waals surface area contributed by atoms with E-state index in [-0.39, 0.29) is 6.04 Å². The van der Waals surface area contributed by atoms with Crippen LogP contribution in [0.2, 0.25) is 0 Å². The van der Waals surface area contributed by atoms with Gasteiger partial charge in [0, 0.05) is 0 Å². The second-order valence-electron chi connectivity index (χ2n) is 4.38. The molecular weight excluding hydrogens is 150 g/mol. The van der Waals surface area contributed by atoms with E-state index >= 15 is 0 Å². The van der Waals surface area contributed by atoms with Gasteiger partial charge in [-0.05, 0) is 37.6 Å². The molecule has 4 atom stereocenters. The molecular formula is C10H17NO. The van der Waals surface area contributed by atoms with Crippen LogP contribution in [0.15, 0.2) is 0 Å². The van der Waals surface area contributed by atoms with Crippen molar-refractivity contribution in [3.05, 3.63) is 0 Å². The molecule has 3 unspecified atom stereocenters. The van der Waals surface area contributed by atoms with Gasteiger partial charge in [-0.2, -0.15) is 0 Å². The molecule has 1 saturated carbocycles. The lowest BCUT2D eigenvalue weighted by atomic mass is 9.89. The number of carbonyl (C=O) groups excluding carboxylic acids is 1. The molecule has 68 valence electrons. The standard InChI is InChI=1S/C10H17NO/c1-6-3-4-8-9(6)5-11-10(8)7(2)12/h6,8-11H,3-5H2,1-2H3/t6?,8?,9?,10-/m1/s1. The van der Waals surface area contributed by atoms with Crippen LogP contribution in [0.5, 0.6) is 0 Å². The Morgan fingerprint density at radius 3 is 2.75 bits per heavy atom. The number of rotatable bonds is 1. The van der Waals surface area contributed by atoms with Crippen molar-refractivity contribution in [1.82, 2.24) is 5.32 Å². The first-order valence-corrected chi connectivity index (χ1v) is 4.94. The van der Waals surface area contributed by atoms with Crippen molar-refractivity contribution in [3.63, 3.8) is 0 Å². The summed E-state index contributed by atoms with van der Waals surface area (Å²) in [5.74, 6) is 2.58. The van der Waals surface area contributed by atoms with Crippen LogP contribution in [0.1, 0.15) is 26.7 Å². The topological polar surface area (TPSA) is 29.1 Å². The molecule has 2 rings (SSSR count). The maximum atomic E-state index is 11.2. The zero-order valence-electron chi connectivity index (χ0n) is 7.84. The number of fused-ring (bicyclic) bond motifs is 1. The molecule has 0 aromatic rings.